The molecule has 1 heterocycles. The monoisotopic (exact) mass is 375 g/mol. The fourth-order valence-corrected chi connectivity index (χ4v) is 2.48. The number of hydrogen-bond acceptors (Lipinski definition) is 3. The molecule has 0 saturated carbocycles. The lowest BCUT2D eigenvalue weighted by molar-refractivity contribution is 0.0736. The van der Waals surface area contributed by atoms with Crippen molar-refractivity contribution in [1.82, 2.24) is 4.98 Å². The van der Waals surface area contributed by atoms with E-state index in [0.29, 0.717) is 16.8 Å². The number of hydrogen-bond donors (Lipinski definition) is 0. The van der Waals surface area contributed by atoms with Crippen molar-refractivity contribution in [3.05, 3.63) is 69.9 Å². The molecule has 3 aromatic rings. The van der Waals surface area contributed by atoms with Gasteiger partial charge in [-0.3, -0.25) is 4.98 Å². The van der Waals surface area contributed by atoms with Crippen LogP contribution in [0, 0.1) is 3.57 Å². The molecular formula is C16H10INO2. The van der Waals surface area contributed by atoms with Crippen molar-refractivity contribution in [2.24, 2.45) is 0 Å². The molecule has 0 unspecified atom stereocenters. The molecule has 0 amide bonds. The molecule has 1 aromatic heterocycles. The highest BCUT2D eigenvalue weighted by Gasteiger charge is 2.11. The minimum atomic E-state index is -0.373. The molecule has 0 aliphatic carbocycles. The van der Waals surface area contributed by atoms with E-state index in [0.717, 1.165) is 8.96 Å². The second kappa shape index (κ2) is 5.58. The fourth-order valence-electron chi connectivity index (χ4n) is 1.93. The Morgan fingerprint density at radius 1 is 1.05 bits per heavy atom. The first-order valence-electron chi connectivity index (χ1n) is 6.05. The summed E-state index contributed by atoms with van der Waals surface area (Å²) in [6.07, 6.45) is 1.69. The van der Waals surface area contributed by atoms with E-state index in [-0.39, 0.29) is 5.97 Å². The topological polar surface area (TPSA) is 39.2 Å². The number of rotatable bonds is 2. The SMILES string of the molecule is O=C(Oc1cccc2cccnc12)c1cccc(I)c1. The van der Waals surface area contributed by atoms with E-state index in [2.05, 4.69) is 27.6 Å². The Hall–Kier alpha value is -1.95. The van der Waals surface area contributed by atoms with E-state index >= 15 is 0 Å². The van der Waals surface area contributed by atoms with Gasteiger partial charge in [-0.1, -0.05) is 24.3 Å². The lowest BCUT2D eigenvalue weighted by Crippen LogP contribution is -2.09. The molecule has 0 spiro atoms. The van der Waals surface area contributed by atoms with Gasteiger partial charge in [0.05, 0.1) is 5.56 Å². The van der Waals surface area contributed by atoms with Gasteiger partial charge in [0, 0.05) is 15.2 Å². The van der Waals surface area contributed by atoms with E-state index in [1.165, 1.54) is 0 Å². The Balaban J connectivity index is 1.95. The van der Waals surface area contributed by atoms with Crippen LogP contribution in [-0.4, -0.2) is 11.0 Å². The Kier molecular flexibility index (Phi) is 3.64. The zero-order valence-corrected chi connectivity index (χ0v) is 12.6. The summed E-state index contributed by atoms with van der Waals surface area (Å²) in [6, 6.07) is 16.6. The van der Waals surface area contributed by atoms with Crippen LogP contribution in [0.3, 0.4) is 0 Å². The lowest BCUT2D eigenvalue weighted by atomic mass is 10.2. The van der Waals surface area contributed by atoms with Crippen molar-refractivity contribution in [2.45, 2.75) is 0 Å². The van der Waals surface area contributed by atoms with Crippen LogP contribution in [0.15, 0.2) is 60.8 Å². The molecule has 2 aromatic carbocycles. The van der Waals surface area contributed by atoms with Crippen molar-refractivity contribution < 1.29 is 9.53 Å². The van der Waals surface area contributed by atoms with Crippen LogP contribution in [-0.2, 0) is 0 Å². The molecule has 0 fully saturated rings. The highest BCUT2D eigenvalue weighted by atomic mass is 127. The Bertz CT molecular complexity index is 781. The average Bonchev–Trinajstić information content (AvgIpc) is 2.47. The predicted molar refractivity (Wildman–Crippen MR) is 85.9 cm³/mol. The molecule has 0 N–H and O–H groups in total. The maximum Gasteiger partial charge on any atom is 0.343 e. The Morgan fingerprint density at radius 2 is 1.85 bits per heavy atom. The van der Waals surface area contributed by atoms with Gasteiger partial charge in [0.2, 0.25) is 0 Å². The van der Waals surface area contributed by atoms with Crippen LogP contribution in [0.1, 0.15) is 10.4 Å². The molecule has 4 heteroatoms. The smallest absolute Gasteiger partial charge is 0.343 e. The number of para-hydroxylation sites is 1. The van der Waals surface area contributed by atoms with Gasteiger partial charge in [-0.25, -0.2) is 4.79 Å². The Morgan fingerprint density at radius 3 is 2.70 bits per heavy atom. The van der Waals surface area contributed by atoms with Crippen LogP contribution in [0.5, 0.6) is 5.75 Å². The molecule has 20 heavy (non-hydrogen) atoms. The number of nitrogens with zero attached hydrogens (tertiary/aromatic N) is 1. The molecule has 98 valence electrons. The highest BCUT2D eigenvalue weighted by molar-refractivity contribution is 14.1. The molecule has 0 aliphatic rings. The number of halogens is 1. The van der Waals surface area contributed by atoms with Gasteiger partial charge >= 0.3 is 5.97 Å². The number of benzene rings is 2. The molecule has 0 aliphatic heterocycles. The number of carbonyl (C=O) groups excluding carboxylic acids is 1. The summed E-state index contributed by atoms with van der Waals surface area (Å²) in [4.78, 5) is 16.4. The van der Waals surface area contributed by atoms with Crippen LogP contribution in [0.4, 0.5) is 0 Å². The highest BCUT2D eigenvalue weighted by Crippen LogP contribution is 2.24. The maximum absolute atomic E-state index is 12.2. The standard InChI is InChI=1S/C16H10INO2/c17-13-7-1-5-12(10-13)16(19)20-14-8-2-4-11-6-3-9-18-15(11)14/h1-10H. The van der Waals surface area contributed by atoms with E-state index in [4.69, 9.17) is 4.74 Å². The summed E-state index contributed by atoms with van der Waals surface area (Å²) >= 11 is 2.16. The maximum atomic E-state index is 12.2. The van der Waals surface area contributed by atoms with Crippen molar-refractivity contribution in [2.75, 3.05) is 0 Å². The Labute approximate surface area is 129 Å². The second-order valence-electron chi connectivity index (χ2n) is 4.23. The van der Waals surface area contributed by atoms with Gasteiger partial charge in [-0.05, 0) is 52.9 Å². The van der Waals surface area contributed by atoms with Crippen LogP contribution >= 0.6 is 22.6 Å². The van der Waals surface area contributed by atoms with E-state index < -0.39 is 0 Å². The average molecular weight is 375 g/mol. The summed E-state index contributed by atoms with van der Waals surface area (Å²) in [5.41, 5.74) is 1.22. The van der Waals surface area contributed by atoms with Gasteiger partial charge in [0.1, 0.15) is 5.52 Å². The van der Waals surface area contributed by atoms with Gasteiger partial charge in [0.15, 0.2) is 5.75 Å². The first-order valence-corrected chi connectivity index (χ1v) is 7.13. The summed E-state index contributed by atoms with van der Waals surface area (Å²) < 4.78 is 6.46. The summed E-state index contributed by atoms with van der Waals surface area (Å²) in [6.45, 7) is 0. The van der Waals surface area contributed by atoms with Crippen molar-refractivity contribution in [3.63, 3.8) is 0 Å². The molecule has 3 nitrogen and oxygen atoms in total. The summed E-state index contributed by atoms with van der Waals surface area (Å²) in [7, 11) is 0. The summed E-state index contributed by atoms with van der Waals surface area (Å²) in [5, 5.41) is 0.945. The second-order valence-corrected chi connectivity index (χ2v) is 5.48. The molecule has 3 rings (SSSR count). The van der Waals surface area contributed by atoms with Gasteiger partial charge in [-0.2, -0.15) is 0 Å². The largest absolute Gasteiger partial charge is 0.421 e. The number of esters is 1. The third kappa shape index (κ3) is 2.65. The molecule has 0 atom stereocenters. The fraction of sp³-hybridized carbons (Fsp3) is 0. The molecule has 0 radical (unpaired) electrons. The number of aromatic nitrogens is 1. The number of carbonyl (C=O) groups is 1. The summed E-state index contributed by atoms with van der Waals surface area (Å²) in [5.74, 6) is 0.105. The third-order valence-electron chi connectivity index (χ3n) is 2.86. The van der Waals surface area contributed by atoms with Crippen LogP contribution in [0.25, 0.3) is 10.9 Å². The zero-order chi connectivity index (χ0) is 13.9. The van der Waals surface area contributed by atoms with Gasteiger partial charge < -0.3 is 4.74 Å². The third-order valence-corrected chi connectivity index (χ3v) is 3.53. The molecule has 0 bridgehead atoms. The lowest BCUT2D eigenvalue weighted by Gasteiger charge is -2.07. The first kappa shape index (κ1) is 13.1. The number of pyridine rings is 1. The van der Waals surface area contributed by atoms with E-state index in [1.54, 1.807) is 24.4 Å². The van der Waals surface area contributed by atoms with Crippen molar-refractivity contribution >= 4 is 39.5 Å². The van der Waals surface area contributed by atoms with Gasteiger partial charge in [0.25, 0.3) is 0 Å². The normalized spacial score (nSPS) is 10.4. The van der Waals surface area contributed by atoms with Crippen molar-refractivity contribution in [3.8, 4) is 5.75 Å². The number of ether oxygens (including phenoxy) is 1. The van der Waals surface area contributed by atoms with Gasteiger partial charge in [-0.15, -0.1) is 0 Å². The minimum Gasteiger partial charge on any atom is -0.421 e. The van der Waals surface area contributed by atoms with Crippen molar-refractivity contribution in [1.29, 1.82) is 0 Å². The van der Waals surface area contributed by atoms with Crippen LogP contribution in [0.2, 0.25) is 0 Å². The zero-order valence-electron chi connectivity index (χ0n) is 10.4. The first-order chi connectivity index (χ1) is 9.74. The molecule has 0 saturated heterocycles. The molecular weight excluding hydrogens is 365 g/mol. The van der Waals surface area contributed by atoms with Crippen LogP contribution < -0.4 is 4.74 Å². The van der Waals surface area contributed by atoms with E-state index in [1.807, 2.05) is 36.4 Å². The minimum absolute atomic E-state index is 0.373. The van der Waals surface area contributed by atoms with E-state index in [9.17, 15) is 4.79 Å². The number of fused-ring (bicyclic) bond motifs is 1. The quantitative estimate of drug-likeness (QED) is 0.385. The predicted octanol–water partition coefficient (Wildman–Crippen LogP) is 4.06.